The Bertz CT molecular complexity index is 692. The zero-order valence-corrected chi connectivity index (χ0v) is 14.6. The van der Waals surface area contributed by atoms with Crippen LogP contribution in [0.1, 0.15) is 49.0 Å². The van der Waals surface area contributed by atoms with Crippen molar-refractivity contribution in [3.05, 3.63) is 48.3 Å². The lowest BCUT2D eigenvalue weighted by Gasteiger charge is -2.18. The lowest BCUT2D eigenvalue weighted by molar-refractivity contribution is 0.102. The largest absolute Gasteiger partial charge is 0.497 e. The van der Waals surface area contributed by atoms with E-state index < -0.39 is 0 Å². The molecule has 1 amide bonds. The van der Waals surface area contributed by atoms with E-state index in [0.717, 1.165) is 17.1 Å². The Morgan fingerprint density at radius 2 is 1.76 bits per heavy atom. The van der Waals surface area contributed by atoms with Crippen LogP contribution in [0.5, 0.6) is 5.75 Å². The fourth-order valence-electron chi connectivity index (χ4n) is 3.17. The van der Waals surface area contributed by atoms with Gasteiger partial charge in [0.15, 0.2) is 0 Å². The number of hydrogen-bond donors (Lipinski definition) is 2. The molecule has 0 saturated heterocycles. The van der Waals surface area contributed by atoms with Crippen LogP contribution in [0.15, 0.2) is 42.6 Å². The molecule has 1 heterocycles. The molecular weight excluding hydrogens is 314 g/mol. The summed E-state index contributed by atoms with van der Waals surface area (Å²) in [5.41, 5.74) is 2.09. The second-order valence-corrected chi connectivity index (χ2v) is 6.45. The zero-order chi connectivity index (χ0) is 17.5. The summed E-state index contributed by atoms with van der Waals surface area (Å²) in [6, 6.07) is 11.5. The van der Waals surface area contributed by atoms with E-state index >= 15 is 0 Å². The molecule has 3 rings (SSSR count). The lowest BCUT2D eigenvalue weighted by atomic mass is 10.1. The Kier molecular flexibility index (Phi) is 5.88. The molecule has 0 unspecified atom stereocenters. The van der Waals surface area contributed by atoms with Crippen LogP contribution in [0.3, 0.4) is 0 Å². The van der Waals surface area contributed by atoms with Crippen molar-refractivity contribution in [2.24, 2.45) is 0 Å². The molecule has 25 heavy (non-hydrogen) atoms. The number of ether oxygens (including phenoxy) is 1. The standard InChI is InChI=1S/C20H25N3O2/c1-25-18-10-8-16(9-11-18)23-20(24)19-14-17(12-13-21-19)22-15-6-4-2-3-5-7-15/h8-15H,2-7H2,1H3,(H,21,22)(H,23,24). The first-order valence-electron chi connectivity index (χ1n) is 8.92. The van der Waals surface area contributed by atoms with E-state index in [2.05, 4.69) is 15.6 Å². The highest BCUT2D eigenvalue weighted by atomic mass is 16.5. The number of pyridine rings is 1. The van der Waals surface area contributed by atoms with Crippen molar-refractivity contribution in [2.75, 3.05) is 17.7 Å². The van der Waals surface area contributed by atoms with E-state index in [-0.39, 0.29) is 5.91 Å². The number of methoxy groups -OCH3 is 1. The van der Waals surface area contributed by atoms with Crippen LogP contribution in [0, 0.1) is 0 Å². The van der Waals surface area contributed by atoms with Crippen LogP contribution in [0.25, 0.3) is 0 Å². The van der Waals surface area contributed by atoms with Gasteiger partial charge in [0, 0.05) is 23.6 Å². The van der Waals surface area contributed by atoms with Gasteiger partial charge in [0.25, 0.3) is 5.91 Å². The van der Waals surface area contributed by atoms with Crippen LogP contribution < -0.4 is 15.4 Å². The van der Waals surface area contributed by atoms with E-state index in [1.807, 2.05) is 36.4 Å². The van der Waals surface area contributed by atoms with Gasteiger partial charge in [-0.3, -0.25) is 9.78 Å². The van der Waals surface area contributed by atoms with Gasteiger partial charge in [0.1, 0.15) is 11.4 Å². The van der Waals surface area contributed by atoms with Gasteiger partial charge in [0.2, 0.25) is 0 Å². The van der Waals surface area contributed by atoms with Crippen molar-refractivity contribution >= 4 is 17.3 Å². The van der Waals surface area contributed by atoms with Crippen molar-refractivity contribution in [2.45, 2.75) is 44.6 Å². The van der Waals surface area contributed by atoms with Gasteiger partial charge < -0.3 is 15.4 Å². The molecule has 5 nitrogen and oxygen atoms in total. The average molecular weight is 339 g/mol. The number of aromatic nitrogens is 1. The van der Waals surface area contributed by atoms with E-state index in [0.29, 0.717) is 11.7 Å². The molecule has 1 aromatic carbocycles. The van der Waals surface area contributed by atoms with E-state index in [4.69, 9.17) is 4.74 Å². The number of nitrogens with one attached hydrogen (secondary N) is 2. The topological polar surface area (TPSA) is 63.2 Å². The molecule has 0 bridgehead atoms. The molecule has 1 aliphatic rings. The van der Waals surface area contributed by atoms with Gasteiger partial charge in [-0.1, -0.05) is 25.7 Å². The molecule has 0 aliphatic heterocycles. The molecule has 1 aromatic heterocycles. The van der Waals surface area contributed by atoms with E-state index in [1.54, 1.807) is 13.3 Å². The maximum atomic E-state index is 12.4. The monoisotopic (exact) mass is 339 g/mol. The highest BCUT2D eigenvalue weighted by Gasteiger charge is 2.13. The fraction of sp³-hybridized carbons (Fsp3) is 0.400. The Balaban J connectivity index is 1.64. The molecule has 0 spiro atoms. The minimum absolute atomic E-state index is 0.213. The SMILES string of the molecule is COc1ccc(NC(=O)c2cc(NC3CCCCCC3)ccn2)cc1. The highest BCUT2D eigenvalue weighted by Crippen LogP contribution is 2.21. The summed E-state index contributed by atoms with van der Waals surface area (Å²) < 4.78 is 5.12. The molecule has 2 aromatic rings. The second-order valence-electron chi connectivity index (χ2n) is 6.45. The number of carbonyl (C=O) groups excluding carboxylic acids is 1. The number of nitrogens with zero attached hydrogens (tertiary/aromatic N) is 1. The van der Waals surface area contributed by atoms with Gasteiger partial charge in [0.05, 0.1) is 7.11 Å². The smallest absolute Gasteiger partial charge is 0.274 e. The Hall–Kier alpha value is -2.56. The lowest BCUT2D eigenvalue weighted by Crippen LogP contribution is -2.19. The summed E-state index contributed by atoms with van der Waals surface area (Å²) >= 11 is 0. The number of hydrogen-bond acceptors (Lipinski definition) is 4. The Morgan fingerprint density at radius 3 is 2.44 bits per heavy atom. The van der Waals surface area contributed by atoms with Crippen LogP contribution in [-0.4, -0.2) is 24.0 Å². The highest BCUT2D eigenvalue weighted by molar-refractivity contribution is 6.03. The second kappa shape index (κ2) is 8.51. The normalized spacial score (nSPS) is 15.2. The van der Waals surface area contributed by atoms with Crippen LogP contribution >= 0.6 is 0 Å². The van der Waals surface area contributed by atoms with Crippen molar-refractivity contribution in [3.8, 4) is 5.75 Å². The average Bonchev–Trinajstić information content (AvgIpc) is 2.91. The predicted molar refractivity (Wildman–Crippen MR) is 100 cm³/mol. The fourth-order valence-corrected chi connectivity index (χ4v) is 3.17. The van der Waals surface area contributed by atoms with Gasteiger partial charge in [-0.25, -0.2) is 0 Å². The third-order valence-electron chi connectivity index (χ3n) is 4.57. The predicted octanol–water partition coefficient (Wildman–Crippen LogP) is 4.48. The first-order valence-corrected chi connectivity index (χ1v) is 8.92. The molecule has 1 fully saturated rings. The van der Waals surface area contributed by atoms with Gasteiger partial charge in [-0.05, 0) is 49.2 Å². The summed E-state index contributed by atoms with van der Waals surface area (Å²) in [7, 11) is 1.62. The number of benzene rings is 1. The summed E-state index contributed by atoms with van der Waals surface area (Å²) in [6.07, 6.45) is 9.25. The first-order chi connectivity index (χ1) is 12.2. The van der Waals surface area contributed by atoms with Gasteiger partial charge in [-0.15, -0.1) is 0 Å². The Morgan fingerprint density at radius 1 is 1.04 bits per heavy atom. The molecule has 1 aliphatic carbocycles. The van der Waals surface area contributed by atoms with E-state index in [1.165, 1.54) is 38.5 Å². The number of carbonyl (C=O) groups is 1. The summed E-state index contributed by atoms with van der Waals surface area (Å²) in [5, 5.41) is 6.42. The molecular formula is C20H25N3O2. The third-order valence-corrected chi connectivity index (χ3v) is 4.57. The van der Waals surface area contributed by atoms with Crippen molar-refractivity contribution < 1.29 is 9.53 Å². The zero-order valence-electron chi connectivity index (χ0n) is 14.6. The number of amides is 1. The number of rotatable bonds is 5. The van der Waals surface area contributed by atoms with Gasteiger partial charge in [-0.2, -0.15) is 0 Å². The third kappa shape index (κ3) is 4.95. The van der Waals surface area contributed by atoms with Crippen LogP contribution in [-0.2, 0) is 0 Å². The maximum absolute atomic E-state index is 12.4. The summed E-state index contributed by atoms with van der Waals surface area (Å²) in [4.78, 5) is 16.6. The molecule has 2 N–H and O–H groups in total. The maximum Gasteiger partial charge on any atom is 0.274 e. The van der Waals surface area contributed by atoms with Crippen molar-refractivity contribution in [3.63, 3.8) is 0 Å². The quantitative estimate of drug-likeness (QED) is 0.789. The van der Waals surface area contributed by atoms with Crippen LogP contribution in [0.4, 0.5) is 11.4 Å². The summed E-state index contributed by atoms with van der Waals surface area (Å²) in [5.74, 6) is 0.542. The molecule has 132 valence electrons. The van der Waals surface area contributed by atoms with E-state index in [9.17, 15) is 4.79 Å². The molecule has 0 atom stereocenters. The van der Waals surface area contributed by atoms with Crippen LogP contribution in [0.2, 0.25) is 0 Å². The minimum atomic E-state index is -0.213. The van der Waals surface area contributed by atoms with Crippen molar-refractivity contribution in [1.29, 1.82) is 0 Å². The first kappa shape index (κ1) is 17.3. The molecule has 1 saturated carbocycles. The van der Waals surface area contributed by atoms with Crippen molar-refractivity contribution in [1.82, 2.24) is 4.98 Å². The van der Waals surface area contributed by atoms with Gasteiger partial charge >= 0.3 is 0 Å². The minimum Gasteiger partial charge on any atom is -0.497 e. The molecule has 5 heteroatoms. The molecule has 0 radical (unpaired) electrons. The number of anilines is 2. The Labute approximate surface area is 148 Å². The summed E-state index contributed by atoms with van der Waals surface area (Å²) in [6.45, 7) is 0.